The van der Waals surface area contributed by atoms with Crippen molar-refractivity contribution in [2.24, 2.45) is 0 Å². The third-order valence-electron chi connectivity index (χ3n) is 4.63. The Bertz CT molecular complexity index is 896. The molecule has 1 aliphatic rings. The van der Waals surface area contributed by atoms with Gasteiger partial charge >= 0.3 is 0 Å². The topological polar surface area (TPSA) is 63.3 Å². The fraction of sp³-hybridized carbons (Fsp3) is 0.400. The normalized spacial score (nSPS) is 17.7. The number of hydrogen-bond acceptors (Lipinski definition) is 6. The zero-order chi connectivity index (χ0) is 19.3. The number of thiazole rings is 1. The van der Waals surface area contributed by atoms with E-state index in [-0.39, 0.29) is 6.10 Å². The minimum absolute atomic E-state index is 0.00930. The van der Waals surface area contributed by atoms with E-state index in [0.29, 0.717) is 18.2 Å². The Hall–Kier alpha value is -1.93. The number of morpholine rings is 1. The molecule has 0 radical (unpaired) electrons. The highest BCUT2D eigenvalue weighted by Gasteiger charge is 2.24. The minimum Gasteiger partial charge on any atom is -0.493 e. The number of ether oxygens (including phenoxy) is 2. The number of aromatic amines is 1. The monoisotopic (exact) mass is 418 g/mol. The van der Waals surface area contributed by atoms with Gasteiger partial charge in [-0.1, -0.05) is 11.6 Å². The standard InChI is InChI=1S/C20H23ClN4O2S/c1-14-22-11-18(28-14)12-25-7-9-27-20(13-25)19-10-16(23-24-19)6-8-26-17-4-2-15(21)3-5-17/h2-5,10-11,20H,6-9,12-13H2,1H3,(H,23,24)/t20-/m0/s1. The van der Waals surface area contributed by atoms with Crippen LogP contribution in [0.25, 0.3) is 0 Å². The van der Waals surface area contributed by atoms with Crippen molar-refractivity contribution in [1.82, 2.24) is 20.1 Å². The van der Waals surface area contributed by atoms with Gasteiger partial charge in [0.25, 0.3) is 0 Å². The summed E-state index contributed by atoms with van der Waals surface area (Å²) in [5.74, 6) is 0.814. The van der Waals surface area contributed by atoms with Crippen molar-refractivity contribution in [1.29, 1.82) is 0 Å². The summed E-state index contributed by atoms with van der Waals surface area (Å²) in [5.41, 5.74) is 1.99. The predicted octanol–water partition coefficient (Wildman–Crippen LogP) is 4.02. The number of rotatable bonds is 7. The first-order valence-electron chi connectivity index (χ1n) is 9.33. The average Bonchev–Trinajstić information content (AvgIpc) is 3.33. The molecule has 1 fully saturated rings. The van der Waals surface area contributed by atoms with Gasteiger partial charge in [-0.05, 0) is 37.3 Å². The van der Waals surface area contributed by atoms with Crippen molar-refractivity contribution in [3.63, 3.8) is 0 Å². The van der Waals surface area contributed by atoms with Gasteiger partial charge in [0.15, 0.2) is 0 Å². The quantitative estimate of drug-likeness (QED) is 0.627. The van der Waals surface area contributed by atoms with Crippen LogP contribution in [0.4, 0.5) is 0 Å². The Balaban J connectivity index is 1.28. The second-order valence-corrected chi connectivity index (χ2v) is 8.57. The number of aryl methyl sites for hydroxylation is 1. The SMILES string of the molecule is Cc1ncc(CN2CCO[C@H](c3cc(CCOc4ccc(Cl)cc4)[nH]n3)C2)s1. The van der Waals surface area contributed by atoms with Crippen molar-refractivity contribution < 1.29 is 9.47 Å². The molecular weight excluding hydrogens is 396 g/mol. The lowest BCUT2D eigenvalue weighted by molar-refractivity contribution is -0.0347. The molecule has 0 bridgehead atoms. The van der Waals surface area contributed by atoms with Crippen molar-refractivity contribution in [2.45, 2.75) is 26.0 Å². The summed E-state index contributed by atoms with van der Waals surface area (Å²) < 4.78 is 11.7. The van der Waals surface area contributed by atoms with Gasteiger partial charge in [-0.15, -0.1) is 11.3 Å². The molecule has 1 atom stereocenters. The number of aromatic nitrogens is 3. The van der Waals surface area contributed by atoms with Crippen LogP contribution in [0.15, 0.2) is 36.5 Å². The van der Waals surface area contributed by atoms with Gasteiger partial charge in [0.1, 0.15) is 11.9 Å². The van der Waals surface area contributed by atoms with Crippen LogP contribution in [0.1, 0.15) is 27.4 Å². The highest BCUT2D eigenvalue weighted by molar-refractivity contribution is 7.11. The third kappa shape index (κ3) is 5.11. The molecule has 0 saturated carbocycles. The fourth-order valence-electron chi connectivity index (χ4n) is 3.21. The average molecular weight is 419 g/mol. The Morgan fingerprint density at radius 2 is 2.21 bits per heavy atom. The molecule has 1 N–H and O–H groups in total. The molecule has 1 aromatic carbocycles. The third-order valence-corrected chi connectivity index (χ3v) is 5.78. The molecule has 8 heteroatoms. The number of hydrogen-bond donors (Lipinski definition) is 1. The summed E-state index contributed by atoms with van der Waals surface area (Å²) in [6.07, 6.45) is 2.72. The van der Waals surface area contributed by atoms with Gasteiger partial charge in [-0.25, -0.2) is 4.98 Å². The number of benzene rings is 1. The number of nitrogens with zero attached hydrogens (tertiary/aromatic N) is 3. The summed E-state index contributed by atoms with van der Waals surface area (Å²) in [4.78, 5) is 8.04. The summed E-state index contributed by atoms with van der Waals surface area (Å²) in [7, 11) is 0. The van der Waals surface area contributed by atoms with Gasteiger partial charge in [-0.3, -0.25) is 10.00 Å². The van der Waals surface area contributed by atoms with Crippen molar-refractivity contribution in [3.8, 4) is 5.75 Å². The lowest BCUT2D eigenvalue weighted by Crippen LogP contribution is -2.37. The van der Waals surface area contributed by atoms with Gasteiger partial charge in [-0.2, -0.15) is 5.10 Å². The molecule has 0 aliphatic carbocycles. The molecule has 1 aliphatic heterocycles. The molecule has 0 unspecified atom stereocenters. The van der Waals surface area contributed by atoms with Crippen LogP contribution in [0, 0.1) is 6.92 Å². The maximum absolute atomic E-state index is 5.96. The fourth-order valence-corrected chi connectivity index (χ4v) is 4.17. The summed E-state index contributed by atoms with van der Waals surface area (Å²) in [5, 5.41) is 9.39. The molecule has 3 heterocycles. The zero-order valence-corrected chi connectivity index (χ0v) is 17.3. The van der Waals surface area contributed by atoms with E-state index in [4.69, 9.17) is 21.1 Å². The highest BCUT2D eigenvalue weighted by atomic mass is 35.5. The van der Waals surface area contributed by atoms with Crippen LogP contribution in [0.3, 0.4) is 0 Å². The predicted molar refractivity (Wildman–Crippen MR) is 110 cm³/mol. The molecule has 148 valence electrons. The van der Waals surface area contributed by atoms with Crippen molar-refractivity contribution in [2.75, 3.05) is 26.3 Å². The van der Waals surface area contributed by atoms with E-state index in [2.05, 4.69) is 26.1 Å². The van der Waals surface area contributed by atoms with E-state index in [1.807, 2.05) is 37.4 Å². The van der Waals surface area contributed by atoms with E-state index in [1.165, 1.54) is 4.88 Å². The largest absolute Gasteiger partial charge is 0.493 e. The lowest BCUT2D eigenvalue weighted by Gasteiger charge is -2.31. The van der Waals surface area contributed by atoms with Gasteiger partial charge < -0.3 is 9.47 Å². The lowest BCUT2D eigenvalue weighted by atomic mass is 10.2. The zero-order valence-electron chi connectivity index (χ0n) is 15.7. The summed E-state index contributed by atoms with van der Waals surface area (Å²) in [6.45, 7) is 6.01. The molecule has 0 spiro atoms. The molecule has 3 aromatic rings. The highest BCUT2D eigenvalue weighted by Crippen LogP contribution is 2.24. The van der Waals surface area contributed by atoms with Crippen LogP contribution in [0.5, 0.6) is 5.75 Å². The smallest absolute Gasteiger partial charge is 0.119 e. The first kappa shape index (κ1) is 19.4. The second-order valence-electron chi connectivity index (χ2n) is 6.81. The van der Waals surface area contributed by atoms with E-state index in [0.717, 1.165) is 48.2 Å². The Morgan fingerprint density at radius 1 is 1.36 bits per heavy atom. The van der Waals surface area contributed by atoms with Gasteiger partial charge in [0.05, 0.1) is 23.9 Å². The first-order chi connectivity index (χ1) is 13.7. The van der Waals surface area contributed by atoms with Crippen LogP contribution in [0.2, 0.25) is 5.02 Å². The Morgan fingerprint density at radius 3 is 3.00 bits per heavy atom. The molecule has 28 heavy (non-hydrogen) atoms. The van der Waals surface area contributed by atoms with E-state index < -0.39 is 0 Å². The minimum atomic E-state index is -0.00930. The maximum atomic E-state index is 5.96. The van der Waals surface area contributed by atoms with Gasteiger partial charge in [0.2, 0.25) is 0 Å². The second kappa shape index (κ2) is 9.05. The van der Waals surface area contributed by atoms with Crippen molar-refractivity contribution in [3.05, 3.63) is 62.8 Å². The molecule has 4 rings (SSSR count). The van der Waals surface area contributed by atoms with Crippen LogP contribution < -0.4 is 4.74 Å². The van der Waals surface area contributed by atoms with E-state index >= 15 is 0 Å². The summed E-state index contributed by atoms with van der Waals surface area (Å²) in [6, 6.07) is 9.47. The van der Waals surface area contributed by atoms with Crippen LogP contribution in [-0.4, -0.2) is 46.4 Å². The van der Waals surface area contributed by atoms with Crippen molar-refractivity contribution >= 4 is 22.9 Å². The molecular formula is C20H23ClN4O2S. The molecule has 1 saturated heterocycles. The maximum Gasteiger partial charge on any atom is 0.119 e. The van der Waals surface area contributed by atoms with E-state index in [9.17, 15) is 0 Å². The number of halogens is 1. The molecule has 2 aromatic heterocycles. The summed E-state index contributed by atoms with van der Waals surface area (Å²) >= 11 is 7.64. The van der Waals surface area contributed by atoms with Crippen LogP contribution >= 0.6 is 22.9 Å². The Labute approximate surface area is 173 Å². The molecule has 6 nitrogen and oxygen atoms in total. The van der Waals surface area contributed by atoms with E-state index in [1.54, 1.807) is 11.3 Å². The Kier molecular flexibility index (Phi) is 6.26. The number of nitrogens with one attached hydrogen (secondary N) is 1. The van der Waals surface area contributed by atoms with Crippen LogP contribution in [-0.2, 0) is 17.7 Å². The first-order valence-corrected chi connectivity index (χ1v) is 10.5. The van der Waals surface area contributed by atoms with Gasteiger partial charge in [0, 0.05) is 47.8 Å². The molecule has 0 amide bonds. The number of H-pyrrole nitrogens is 1.